The summed E-state index contributed by atoms with van der Waals surface area (Å²) in [6.45, 7) is 6.80. The Hall–Kier alpha value is -2.64. The molecule has 1 amide bonds. The summed E-state index contributed by atoms with van der Waals surface area (Å²) in [5.74, 6) is -0.397. The zero-order chi connectivity index (χ0) is 22.8. The minimum atomic E-state index is -0.712. The summed E-state index contributed by atoms with van der Waals surface area (Å²) in [7, 11) is 1.49. The lowest BCUT2D eigenvalue weighted by Crippen LogP contribution is -2.43. The number of thioether (sulfide) groups is 1. The van der Waals surface area contributed by atoms with Crippen molar-refractivity contribution in [2.45, 2.75) is 30.6 Å². The fraction of sp³-hybridized carbons (Fsp3) is 0.500. The Morgan fingerprint density at radius 2 is 2.23 bits per heavy atom. The van der Waals surface area contributed by atoms with E-state index < -0.39 is 11.2 Å². The smallest absolute Gasteiger partial charge is 0.330 e. The van der Waals surface area contributed by atoms with E-state index in [0.29, 0.717) is 29.0 Å². The van der Waals surface area contributed by atoms with Gasteiger partial charge in [-0.25, -0.2) is 4.79 Å². The van der Waals surface area contributed by atoms with Crippen LogP contribution in [0.2, 0.25) is 0 Å². The second-order valence-electron chi connectivity index (χ2n) is 6.37. The molecule has 2 rings (SSSR count). The van der Waals surface area contributed by atoms with Gasteiger partial charge in [-0.15, -0.1) is 16.8 Å². The number of unbranched alkanes of at least 4 members (excludes halogenated alkanes) is 1. The molecule has 13 heteroatoms. The predicted molar refractivity (Wildman–Crippen MR) is 124 cm³/mol. The molecule has 11 nitrogen and oxygen atoms in total. The van der Waals surface area contributed by atoms with Crippen LogP contribution in [-0.2, 0) is 16.1 Å². The number of nitrogens with zero attached hydrogens (tertiary/aromatic N) is 4. The zero-order valence-electron chi connectivity index (χ0n) is 17.5. The van der Waals surface area contributed by atoms with Crippen LogP contribution in [0.4, 0.5) is 16.6 Å². The Balaban J connectivity index is 2.25. The molecule has 2 aromatic rings. The van der Waals surface area contributed by atoms with Gasteiger partial charge in [-0.2, -0.15) is 0 Å². The average molecular weight is 470 g/mol. The lowest BCUT2D eigenvalue weighted by molar-refractivity contribution is -0.116. The van der Waals surface area contributed by atoms with Crippen molar-refractivity contribution in [3.05, 3.63) is 33.5 Å². The van der Waals surface area contributed by atoms with Crippen molar-refractivity contribution in [3.8, 4) is 0 Å². The van der Waals surface area contributed by atoms with Gasteiger partial charge in [0.2, 0.25) is 11.0 Å². The standard InChI is InChI=1S/C18H27N7O4S2/c1-4-6-8-25-14(19)13(15(27)21-17(25)28)24(9-10-29-3)12(26)11-30-18-23-22-16(31-18)20-7-5-2/h5H,2,4,6-11,19H2,1,3H3,(H,20,22)(H,21,27,28). The van der Waals surface area contributed by atoms with Gasteiger partial charge in [-0.05, 0) is 6.42 Å². The summed E-state index contributed by atoms with van der Waals surface area (Å²) in [6, 6.07) is 0. The molecule has 0 aliphatic rings. The third-order valence-electron chi connectivity index (χ3n) is 4.16. The molecule has 31 heavy (non-hydrogen) atoms. The largest absolute Gasteiger partial charge is 0.383 e. The maximum atomic E-state index is 13.0. The quantitative estimate of drug-likeness (QED) is 0.290. The fourth-order valence-corrected chi connectivity index (χ4v) is 4.26. The first kappa shape index (κ1) is 24.6. The van der Waals surface area contributed by atoms with Crippen LogP contribution in [0.15, 0.2) is 26.6 Å². The van der Waals surface area contributed by atoms with Crippen LogP contribution >= 0.6 is 23.1 Å². The van der Waals surface area contributed by atoms with E-state index in [1.54, 1.807) is 6.08 Å². The molecule has 0 radical (unpaired) electrons. The summed E-state index contributed by atoms with van der Waals surface area (Å²) in [5, 5.41) is 11.7. The molecule has 0 saturated heterocycles. The van der Waals surface area contributed by atoms with Crippen LogP contribution in [0.25, 0.3) is 0 Å². The number of aromatic nitrogens is 4. The van der Waals surface area contributed by atoms with Crippen LogP contribution < -0.4 is 27.2 Å². The van der Waals surface area contributed by atoms with E-state index in [1.807, 2.05) is 6.92 Å². The number of rotatable bonds is 13. The number of anilines is 3. The number of nitrogen functional groups attached to an aromatic ring is 1. The second-order valence-corrected chi connectivity index (χ2v) is 8.57. The number of carbonyl (C=O) groups is 1. The molecule has 170 valence electrons. The van der Waals surface area contributed by atoms with Gasteiger partial charge in [0.15, 0.2) is 10.0 Å². The van der Waals surface area contributed by atoms with Crippen molar-refractivity contribution in [2.24, 2.45) is 0 Å². The molecule has 0 unspecified atom stereocenters. The van der Waals surface area contributed by atoms with E-state index in [-0.39, 0.29) is 36.3 Å². The zero-order valence-corrected chi connectivity index (χ0v) is 19.2. The highest BCUT2D eigenvalue weighted by atomic mass is 32.2. The molecule has 0 aliphatic heterocycles. The number of hydrogen-bond donors (Lipinski definition) is 3. The van der Waals surface area contributed by atoms with Crippen LogP contribution in [0.5, 0.6) is 0 Å². The summed E-state index contributed by atoms with van der Waals surface area (Å²) >= 11 is 2.51. The number of H-pyrrole nitrogens is 1. The predicted octanol–water partition coefficient (Wildman–Crippen LogP) is 1.14. The molecular formula is C18H27N7O4S2. The van der Waals surface area contributed by atoms with Crippen molar-refractivity contribution < 1.29 is 9.53 Å². The van der Waals surface area contributed by atoms with Gasteiger partial charge in [0.05, 0.1) is 12.4 Å². The van der Waals surface area contributed by atoms with Crippen LogP contribution in [-0.4, -0.2) is 58.2 Å². The van der Waals surface area contributed by atoms with Crippen molar-refractivity contribution in [3.63, 3.8) is 0 Å². The van der Waals surface area contributed by atoms with Crippen LogP contribution in [0.1, 0.15) is 19.8 Å². The van der Waals surface area contributed by atoms with Crippen molar-refractivity contribution in [1.29, 1.82) is 0 Å². The van der Waals surface area contributed by atoms with Gasteiger partial charge in [-0.3, -0.25) is 19.1 Å². The molecule has 0 atom stereocenters. The minimum Gasteiger partial charge on any atom is -0.383 e. The Morgan fingerprint density at radius 1 is 1.45 bits per heavy atom. The molecule has 4 N–H and O–H groups in total. The number of hydrogen-bond acceptors (Lipinski definition) is 10. The Bertz CT molecular complexity index is 1000. The molecule has 0 aliphatic carbocycles. The van der Waals surface area contributed by atoms with E-state index in [4.69, 9.17) is 10.5 Å². The molecule has 0 fully saturated rings. The summed E-state index contributed by atoms with van der Waals surface area (Å²) in [5.41, 5.74) is 4.80. The molecule has 0 aromatic carbocycles. The highest BCUT2D eigenvalue weighted by molar-refractivity contribution is 8.01. The van der Waals surface area contributed by atoms with E-state index in [9.17, 15) is 14.4 Å². The molecule has 0 spiro atoms. The highest BCUT2D eigenvalue weighted by Gasteiger charge is 2.24. The third-order valence-corrected chi connectivity index (χ3v) is 6.16. The summed E-state index contributed by atoms with van der Waals surface area (Å²) < 4.78 is 6.97. The Morgan fingerprint density at radius 3 is 2.90 bits per heavy atom. The SMILES string of the molecule is C=CCNc1nnc(SCC(=O)N(CCOC)c2c(N)n(CCCC)c(=O)[nH]c2=O)s1. The topological polar surface area (TPSA) is 148 Å². The monoisotopic (exact) mass is 469 g/mol. The average Bonchev–Trinajstić information content (AvgIpc) is 3.20. The number of nitrogens with two attached hydrogens (primary N) is 1. The number of amides is 1. The maximum Gasteiger partial charge on any atom is 0.330 e. The second kappa shape index (κ2) is 12.3. The van der Waals surface area contributed by atoms with Crippen molar-refractivity contribution in [2.75, 3.05) is 48.5 Å². The first-order chi connectivity index (χ1) is 14.9. The van der Waals surface area contributed by atoms with E-state index in [0.717, 1.165) is 6.42 Å². The lowest BCUT2D eigenvalue weighted by atomic mass is 10.3. The first-order valence-corrected chi connectivity index (χ1v) is 11.5. The number of methoxy groups -OCH3 is 1. The van der Waals surface area contributed by atoms with Gasteiger partial charge >= 0.3 is 5.69 Å². The third kappa shape index (κ3) is 6.67. The van der Waals surface area contributed by atoms with Crippen LogP contribution in [0, 0.1) is 0 Å². The van der Waals surface area contributed by atoms with Gasteiger partial charge in [0.1, 0.15) is 5.82 Å². The van der Waals surface area contributed by atoms with Gasteiger partial charge in [-0.1, -0.05) is 42.5 Å². The summed E-state index contributed by atoms with van der Waals surface area (Å²) in [6.07, 6.45) is 3.25. The Kier molecular flexibility index (Phi) is 9.75. The number of aromatic amines is 1. The van der Waals surface area contributed by atoms with Crippen LogP contribution in [0.3, 0.4) is 0 Å². The lowest BCUT2D eigenvalue weighted by Gasteiger charge is -2.24. The first-order valence-electron chi connectivity index (χ1n) is 9.65. The van der Waals surface area contributed by atoms with Gasteiger partial charge in [0.25, 0.3) is 5.56 Å². The fourth-order valence-electron chi connectivity index (χ4n) is 2.62. The van der Waals surface area contributed by atoms with Gasteiger partial charge < -0.3 is 20.7 Å². The van der Waals surface area contributed by atoms with Gasteiger partial charge in [0, 0.05) is 26.7 Å². The minimum absolute atomic E-state index is 0.00672. The number of ether oxygens (including phenoxy) is 1. The Labute approximate surface area is 187 Å². The molecule has 2 heterocycles. The van der Waals surface area contributed by atoms with E-state index in [1.165, 1.54) is 39.7 Å². The molecule has 2 aromatic heterocycles. The highest BCUT2D eigenvalue weighted by Crippen LogP contribution is 2.26. The van der Waals surface area contributed by atoms with E-state index >= 15 is 0 Å². The maximum absolute atomic E-state index is 13.0. The number of nitrogens with one attached hydrogen (secondary N) is 2. The van der Waals surface area contributed by atoms with Crippen molar-refractivity contribution >= 4 is 45.6 Å². The van der Waals surface area contributed by atoms with E-state index in [2.05, 4.69) is 27.1 Å². The molecular weight excluding hydrogens is 442 g/mol. The number of carbonyl (C=O) groups excluding carboxylic acids is 1. The van der Waals surface area contributed by atoms with Crippen molar-refractivity contribution in [1.82, 2.24) is 19.7 Å². The molecule has 0 bridgehead atoms. The normalized spacial score (nSPS) is 10.8. The summed E-state index contributed by atoms with van der Waals surface area (Å²) in [4.78, 5) is 41.2. The molecule has 0 saturated carbocycles.